The zero-order chi connectivity index (χ0) is 12.3. The molecule has 0 aliphatic carbocycles. The molecule has 1 heterocycles. The van der Waals surface area contributed by atoms with Gasteiger partial charge >= 0.3 is 0 Å². The molecule has 0 saturated heterocycles. The van der Waals surface area contributed by atoms with E-state index in [4.69, 9.17) is 14.2 Å². The summed E-state index contributed by atoms with van der Waals surface area (Å²) in [6, 6.07) is 3.77. The van der Waals surface area contributed by atoms with Gasteiger partial charge in [-0.25, -0.2) is 0 Å². The fourth-order valence-corrected chi connectivity index (χ4v) is 1.81. The van der Waals surface area contributed by atoms with Gasteiger partial charge in [-0.05, 0) is 12.1 Å². The average Bonchev–Trinajstić information content (AvgIpc) is 2.90. The monoisotopic (exact) mass is 236 g/mol. The Balaban J connectivity index is 2.48. The lowest BCUT2D eigenvalue weighted by molar-refractivity contribution is 0.324. The third-order valence-electron chi connectivity index (χ3n) is 2.61. The highest BCUT2D eigenvalue weighted by Gasteiger charge is 2.16. The number of nitrogens with zero attached hydrogens (tertiary/aromatic N) is 1. The number of ether oxygens (including phenoxy) is 3. The molecule has 0 atom stereocenters. The summed E-state index contributed by atoms with van der Waals surface area (Å²) in [7, 11) is 4.79. The number of hydrogen-bond acceptors (Lipinski definition) is 5. The van der Waals surface area contributed by atoms with E-state index in [2.05, 4.69) is 10.3 Å². The van der Waals surface area contributed by atoms with Gasteiger partial charge in [-0.2, -0.15) is 0 Å². The molecule has 1 aromatic rings. The normalized spacial score (nSPS) is 13.9. The maximum absolute atomic E-state index is 5.29. The molecule has 0 bridgehead atoms. The lowest BCUT2D eigenvalue weighted by Gasteiger charge is -2.14. The van der Waals surface area contributed by atoms with Gasteiger partial charge in [0, 0.05) is 12.1 Å². The summed E-state index contributed by atoms with van der Waals surface area (Å²) in [6.45, 7) is 1.66. The van der Waals surface area contributed by atoms with Crippen LogP contribution in [0.2, 0.25) is 0 Å². The van der Waals surface area contributed by atoms with Crippen LogP contribution in [0, 0.1) is 0 Å². The second-order valence-electron chi connectivity index (χ2n) is 3.57. The Kier molecular flexibility index (Phi) is 3.37. The van der Waals surface area contributed by atoms with E-state index in [0.717, 1.165) is 24.5 Å². The maximum atomic E-state index is 5.29. The Morgan fingerprint density at radius 3 is 2.12 bits per heavy atom. The van der Waals surface area contributed by atoms with E-state index in [1.165, 1.54) is 0 Å². The lowest BCUT2D eigenvalue weighted by atomic mass is 10.1. The van der Waals surface area contributed by atoms with Crippen LogP contribution in [0.15, 0.2) is 17.1 Å². The Bertz CT molecular complexity index is 418. The van der Waals surface area contributed by atoms with Crippen LogP contribution in [-0.4, -0.2) is 40.3 Å². The van der Waals surface area contributed by atoms with Gasteiger partial charge in [-0.3, -0.25) is 4.99 Å². The smallest absolute Gasteiger partial charge is 0.203 e. The van der Waals surface area contributed by atoms with Crippen molar-refractivity contribution in [2.24, 2.45) is 4.99 Å². The summed E-state index contributed by atoms with van der Waals surface area (Å²) in [4.78, 5) is 4.37. The van der Waals surface area contributed by atoms with E-state index in [0.29, 0.717) is 17.2 Å². The molecule has 0 spiro atoms. The number of hydrogen-bond donors (Lipinski definition) is 1. The van der Waals surface area contributed by atoms with Crippen molar-refractivity contribution in [1.29, 1.82) is 0 Å². The molecule has 0 aromatic heterocycles. The highest BCUT2D eigenvalue weighted by atomic mass is 16.5. The summed E-state index contributed by atoms with van der Waals surface area (Å²) >= 11 is 0. The van der Waals surface area contributed by atoms with E-state index < -0.39 is 0 Å². The zero-order valence-electron chi connectivity index (χ0n) is 10.2. The molecule has 1 aliphatic heterocycles. The molecule has 92 valence electrons. The van der Waals surface area contributed by atoms with Crippen LogP contribution in [0.1, 0.15) is 5.56 Å². The fraction of sp³-hybridized carbons (Fsp3) is 0.417. The lowest BCUT2D eigenvalue weighted by Crippen LogP contribution is -2.19. The van der Waals surface area contributed by atoms with Crippen LogP contribution in [0.25, 0.3) is 0 Å². The average molecular weight is 236 g/mol. The molecule has 2 rings (SSSR count). The zero-order valence-corrected chi connectivity index (χ0v) is 10.2. The van der Waals surface area contributed by atoms with E-state index in [9.17, 15) is 0 Å². The minimum Gasteiger partial charge on any atom is -0.493 e. The van der Waals surface area contributed by atoms with Crippen LogP contribution < -0.4 is 19.5 Å². The van der Waals surface area contributed by atoms with Crippen molar-refractivity contribution < 1.29 is 14.2 Å². The summed E-state index contributed by atoms with van der Waals surface area (Å²) in [5, 5.41) is 3.21. The number of methoxy groups -OCH3 is 3. The van der Waals surface area contributed by atoms with Gasteiger partial charge in [0.15, 0.2) is 11.5 Å². The fourth-order valence-electron chi connectivity index (χ4n) is 1.81. The number of aliphatic imine (C=N–C) groups is 1. The molecular formula is C12H16N2O3. The van der Waals surface area contributed by atoms with Crippen LogP contribution in [0.3, 0.4) is 0 Å². The first-order valence-corrected chi connectivity index (χ1v) is 5.39. The van der Waals surface area contributed by atoms with Crippen molar-refractivity contribution >= 4 is 5.84 Å². The first-order valence-electron chi connectivity index (χ1n) is 5.39. The molecule has 5 heteroatoms. The van der Waals surface area contributed by atoms with Gasteiger partial charge in [0.05, 0.1) is 27.9 Å². The minimum absolute atomic E-state index is 0.595. The second kappa shape index (κ2) is 4.95. The van der Waals surface area contributed by atoms with Gasteiger partial charge in [0.2, 0.25) is 5.75 Å². The standard InChI is InChI=1S/C12H16N2O3/c1-15-9-6-8(12-13-4-5-14-12)7-10(16-2)11(9)17-3/h6-7H,4-5H2,1-3H3,(H,13,14). The minimum atomic E-state index is 0.595. The van der Waals surface area contributed by atoms with Gasteiger partial charge in [0.25, 0.3) is 0 Å². The van der Waals surface area contributed by atoms with E-state index in [-0.39, 0.29) is 0 Å². The van der Waals surface area contributed by atoms with Crippen molar-refractivity contribution in [2.75, 3.05) is 34.4 Å². The van der Waals surface area contributed by atoms with E-state index in [1.807, 2.05) is 12.1 Å². The van der Waals surface area contributed by atoms with Crippen molar-refractivity contribution in [3.05, 3.63) is 17.7 Å². The van der Waals surface area contributed by atoms with Crippen LogP contribution >= 0.6 is 0 Å². The van der Waals surface area contributed by atoms with E-state index in [1.54, 1.807) is 21.3 Å². The first-order chi connectivity index (χ1) is 8.30. The predicted octanol–water partition coefficient (Wildman–Crippen LogP) is 1.06. The molecule has 0 radical (unpaired) electrons. The molecule has 0 saturated carbocycles. The van der Waals surface area contributed by atoms with Gasteiger partial charge < -0.3 is 19.5 Å². The number of benzene rings is 1. The highest BCUT2D eigenvalue weighted by molar-refractivity contribution is 6.00. The molecule has 0 amide bonds. The largest absolute Gasteiger partial charge is 0.493 e. The molecule has 1 aliphatic rings. The summed E-state index contributed by atoms with van der Waals surface area (Å²) in [5.74, 6) is 2.73. The molecule has 1 aromatic carbocycles. The highest BCUT2D eigenvalue weighted by Crippen LogP contribution is 2.38. The Morgan fingerprint density at radius 1 is 1.06 bits per heavy atom. The van der Waals surface area contributed by atoms with Crippen molar-refractivity contribution in [3.8, 4) is 17.2 Å². The molecule has 17 heavy (non-hydrogen) atoms. The van der Waals surface area contributed by atoms with Crippen LogP contribution in [-0.2, 0) is 0 Å². The Labute approximate surface area is 100 Å². The quantitative estimate of drug-likeness (QED) is 0.849. The Hall–Kier alpha value is -1.91. The molecule has 0 unspecified atom stereocenters. The Morgan fingerprint density at radius 2 is 1.71 bits per heavy atom. The summed E-state index contributed by atoms with van der Waals surface area (Å²) < 4.78 is 15.8. The topological polar surface area (TPSA) is 52.1 Å². The summed E-state index contributed by atoms with van der Waals surface area (Å²) in [6.07, 6.45) is 0. The van der Waals surface area contributed by atoms with Crippen LogP contribution in [0.4, 0.5) is 0 Å². The van der Waals surface area contributed by atoms with Gasteiger partial charge in [0.1, 0.15) is 5.84 Å². The third kappa shape index (κ3) is 2.13. The molecule has 5 nitrogen and oxygen atoms in total. The molecule has 0 fully saturated rings. The van der Waals surface area contributed by atoms with E-state index >= 15 is 0 Å². The molecular weight excluding hydrogens is 220 g/mol. The first kappa shape index (κ1) is 11.6. The molecule has 1 N–H and O–H groups in total. The van der Waals surface area contributed by atoms with Crippen molar-refractivity contribution in [1.82, 2.24) is 5.32 Å². The van der Waals surface area contributed by atoms with Crippen molar-refractivity contribution in [2.45, 2.75) is 0 Å². The number of amidine groups is 1. The summed E-state index contributed by atoms with van der Waals surface area (Å²) in [5.41, 5.74) is 0.942. The number of nitrogens with one attached hydrogen (secondary N) is 1. The predicted molar refractivity (Wildman–Crippen MR) is 65.5 cm³/mol. The third-order valence-corrected chi connectivity index (χ3v) is 2.61. The van der Waals surface area contributed by atoms with Gasteiger partial charge in [-0.1, -0.05) is 0 Å². The SMILES string of the molecule is COc1cc(C2=NCCN2)cc(OC)c1OC. The van der Waals surface area contributed by atoms with Gasteiger partial charge in [-0.15, -0.1) is 0 Å². The number of rotatable bonds is 4. The second-order valence-corrected chi connectivity index (χ2v) is 3.57. The maximum Gasteiger partial charge on any atom is 0.203 e. The van der Waals surface area contributed by atoms with Crippen molar-refractivity contribution in [3.63, 3.8) is 0 Å². The van der Waals surface area contributed by atoms with Crippen LogP contribution in [0.5, 0.6) is 17.2 Å².